The summed E-state index contributed by atoms with van der Waals surface area (Å²) in [5.41, 5.74) is 1.22. The van der Waals surface area contributed by atoms with E-state index < -0.39 is 18.0 Å². The van der Waals surface area contributed by atoms with Crippen molar-refractivity contribution in [3.05, 3.63) is 83.2 Å². The van der Waals surface area contributed by atoms with E-state index in [0.29, 0.717) is 26.3 Å². The molecule has 1 aliphatic rings. The lowest BCUT2D eigenvalue weighted by Crippen LogP contribution is -2.39. The highest BCUT2D eigenvalue weighted by Gasteiger charge is 2.33. The molecular formula is C22H19N3O5S2. The minimum absolute atomic E-state index is 0.136. The van der Waals surface area contributed by atoms with Gasteiger partial charge in [0.1, 0.15) is 10.6 Å². The van der Waals surface area contributed by atoms with Gasteiger partial charge >= 0.3 is 11.9 Å². The number of aromatic carboxylic acids is 1. The zero-order valence-corrected chi connectivity index (χ0v) is 18.8. The van der Waals surface area contributed by atoms with Crippen molar-refractivity contribution in [2.24, 2.45) is 4.99 Å². The average molecular weight is 470 g/mol. The normalized spacial score (nSPS) is 15.8. The Bertz CT molecular complexity index is 1400. The number of aromatic nitrogens is 1. The van der Waals surface area contributed by atoms with Gasteiger partial charge in [0.25, 0.3) is 5.56 Å². The number of esters is 1. The Hall–Kier alpha value is -3.50. The van der Waals surface area contributed by atoms with Gasteiger partial charge < -0.3 is 15.2 Å². The number of carboxylic acid groups (broad SMARTS) is 1. The quantitative estimate of drug-likeness (QED) is 0.537. The molecule has 0 saturated carbocycles. The standard InChI is InChI=1S/C22H19N3O5S2/c1-3-30-21(29)17-12(2)24-22-25(18(17)15-8-5-9-31-15)19(26)16(32-22)11-23-14-7-4-6-13(10-14)20(27)28/h4-11,18,23H,3H2,1-2H3,(H,27,28)/b16-11-/t18-/m1/s1. The first-order valence-corrected chi connectivity index (χ1v) is 11.4. The molecule has 10 heteroatoms. The van der Waals surface area contributed by atoms with Crippen LogP contribution in [0.5, 0.6) is 0 Å². The SMILES string of the molecule is CCOC(=O)C1=C(C)N=c2s/c(=C\Nc3cccc(C(=O)O)c3)c(=O)n2[C@@H]1c1cccs1. The second-order valence-corrected chi connectivity index (χ2v) is 8.84. The molecule has 8 nitrogen and oxygen atoms in total. The summed E-state index contributed by atoms with van der Waals surface area (Å²) in [5, 5.41) is 14.0. The molecule has 1 atom stereocenters. The van der Waals surface area contributed by atoms with Crippen LogP contribution in [0.2, 0.25) is 0 Å². The first kappa shape index (κ1) is 21.7. The maximum atomic E-state index is 13.3. The number of anilines is 1. The van der Waals surface area contributed by atoms with Crippen LogP contribution in [-0.2, 0) is 9.53 Å². The molecule has 32 heavy (non-hydrogen) atoms. The molecule has 2 aromatic heterocycles. The van der Waals surface area contributed by atoms with Gasteiger partial charge in [0, 0.05) is 16.8 Å². The molecule has 0 bridgehead atoms. The van der Waals surface area contributed by atoms with Crippen molar-refractivity contribution in [3.63, 3.8) is 0 Å². The first-order valence-electron chi connectivity index (χ1n) is 9.72. The average Bonchev–Trinajstić information content (AvgIpc) is 3.40. The number of carbonyl (C=O) groups excluding carboxylic acids is 1. The van der Waals surface area contributed by atoms with Gasteiger partial charge in [-0.2, -0.15) is 0 Å². The van der Waals surface area contributed by atoms with Gasteiger partial charge in [-0.25, -0.2) is 14.6 Å². The second-order valence-electron chi connectivity index (χ2n) is 6.85. The molecule has 3 heterocycles. The maximum absolute atomic E-state index is 13.3. The van der Waals surface area contributed by atoms with Crippen LogP contribution in [0.25, 0.3) is 6.20 Å². The monoisotopic (exact) mass is 469 g/mol. The molecule has 0 spiro atoms. The minimum Gasteiger partial charge on any atom is -0.478 e. The van der Waals surface area contributed by atoms with Crippen molar-refractivity contribution in [2.45, 2.75) is 19.9 Å². The third-order valence-corrected chi connectivity index (χ3v) is 6.72. The van der Waals surface area contributed by atoms with Crippen molar-refractivity contribution in [2.75, 3.05) is 11.9 Å². The van der Waals surface area contributed by atoms with Crippen LogP contribution in [0, 0.1) is 0 Å². The Morgan fingerprint density at radius 2 is 2.12 bits per heavy atom. The Balaban J connectivity index is 1.81. The van der Waals surface area contributed by atoms with E-state index in [1.807, 2.05) is 17.5 Å². The van der Waals surface area contributed by atoms with E-state index in [-0.39, 0.29) is 17.7 Å². The summed E-state index contributed by atoms with van der Waals surface area (Å²) in [7, 11) is 0. The number of carbonyl (C=O) groups is 2. The number of ether oxygens (including phenoxy) is 1. The number of nitrogens with zero attached hydrogens (tertiary/aromatic N) is 2. The number of nitrogens with one attached hydrogen (secondary N) is 1. The van der Waals surface area contributed by atoms with E-state index in [9.17, 15) is 14.4 Å². The van der Waals surface area contributed by atoms with Crippen LogP contribution in [0.15, 0.2) is 62.8 Å². The highest BCUT2D eigenvalue weighted by Crippen LogP contribution is 2.33. The molecule has 0 amide bonds. The summed E-state index contributed by atoms with van der Waals surface area (Å²) in [4.78, 5) is 43.0. The number of rotatable bonds is 6. The molecule has 0 fully saturated rings. The fourth-order valence-corrected chi connectivity index (χ4v) is 5.19. The van der Waals surface area contributed by atoms with Crippen molar-refractivity contribution in [1.82, 2.24) is 4.57 Å². The van der Waals surface area contributed by atoms with E-state index in [2.05, 4.69) is 10.3 Å². The van der Waals surface area contributed by atoms with Crippen LogP contribution in [-0.4, -0.2) is 28.2 Å². The highest BCUT2D eigenvalue weighted by molar-refractivity contribution is 7.10. The van der Waals surface area contributed by atoms with Crippen LogP contribution < -0.4 is 20.2 Å². The van der Waals surface area contributed by atoms with Gasteiger partial charge in [-0.1, -0.05) is 23.5 Å². The van der Waals surface area contributed by atoms with Gasteiger partial charge in [-0.05, 0) is 43.5 Å². The molecule has 0 radical (unpaired) electrons. The van der Waals surface area contributed by atoms with Gasteiger partial charge in [-0.3, -0.25) is 9.36 Å². The Morgan fingerprint density at radius 1 is 1.31 bits per heavy atom. The third kappa shape index (κ3) is 4.02. The van der Waals surface area contributed by atoms with Crippen molar-refractivity contribution >= 4 is 46.5 Å². The molecule has 0 aliphatic carbocycles. The first-order chi connectivity index (χ1) is 15.4. The number of benzene rings is 1. The third-order valence-electron chi connectivity index (χ3n) is 4.81. The van der Waals surface area contributed by atoms with Crippen LogP contribution in [0.1, 0.15) is 35.1 Å². The lowest BCUT2D eigenvalue weighted by atomic mass is 10.0. The highest BCUT2D eigenvalue weighted by atomic mass is 32.1. The Labute approximate surface area is 190 Å². The van der Waals surface area contributed by atoms with Gasteiger partial charge in [0.2, 0.25) is 0 Å². The zero-order valence-electron chi connectivity index (χ0n) is 17.2. The van der Waals surface area contributed by atoms with E-state index in [0.717, 1.165) is 4.88 Å². The maximum Gasteiger partial charge on any atom is 0.338 e. The topological polar surface area (TPSA) is 110 Å². The fraction of sp³-hybridized carbons (Fsp3) is 0.182. The smallest absolute Gasteiger partial charge is 0.338 e. The summed E-state index contributed by atoms with van der Waals surface area (Å²) in [6.45, 7) is 3.68. The van der Waals surface area contributed by atoms with E-state index in [4.69, 9.17) is 9.84 Å². The van der Waals surface area contributed by atoms with E-state index in [1.54, 1.807) is 26.0 Å². The van der Waals surface area contributed by atoms with Crippen molar-refractivity contribution < 1.29 is 19.4 Å². The Kier molecular flexibility index (Phi) is 6.06. The summed E-state index contributed by atoms with van der Waals surface area (Å²) in [6.07, 6.45) is 1.53. The number of fused-ring (bicyclic) bond motifs is 1. The fourth-order valence-electron chi connectivity index (χ4n) is 3.40. The molecule has 1 aromatic carbocycles. The summed E-state index contributed by atoms with van der Waals surface area (Å²) in [6, 6.07) is 9.41. The lowest BCUT2D eigenvalue weighted by Gasteiger charge is -2.23. The van der Waals surface area contributed by atoms with Crippen LogP contribution in [0.4, 0.5) is 5.69 Å². The number of allylic oxidation sites excluding steroid dienone is 1. The van der Waals surface area contributed by atoms with Gasteiger partial charge in [-0.15, -0.1) is 11.3 Å². The number of hydrogen-bond acceptors (Lipinski definition) is 8. The molecule has 2 N–H and O–H groups in total. The summed E-state index contributed by atoms with van der Waals surface area (Å²) >= 11 is 2.64. The second kappa shape index (κ2) is 8.93. The van der Waals surface area contributed by atoms with Gasteiger partial charge in [0.05, 0.1) is 23.4 Å². The lowest BCUT2D eigenvalue weighted by molar-refractivity contribution is -0.139. The number of thiazole rings is 1. The molecule has 3 aromatic rings. The van der Waals surface area contributed by atoms with E-state index in [1.165, 1.54) is 45.6 Å². The van der Waals surface area contributed by atoms with Gasteiger partial charge in [0.15, 0.2) is 4.80 Å². The predicted octanol–water partition coefficient (Wildman–Crippen LogP) is 2.58. The molecule has 0 unspecified atom stereocenters. The number of thiophene rings is 1. The number of carboxylic acids is 1. The van der Waals surface area contributed by atoms with Crippen LogP contribution in [0.3, 0.4) is 0 Å². The van der Waals surface area contributed by atoms with E-state index >= 15 is 0 Å². The molecule has 0 saturated heterocycles. The molecule has 1 aliphatic heterocycles. The molecule has 4 rings (SSSR count). The molecule has 164 valence electrons. The predicted molar refractivity (Wildman–Crippen MR) is 123 cm³/mol. The van der Waals surface area contributed by atoms with Crippen LogP contribution >= 0.6 is 22.7 Å². The van der Waals surface area contributed by atoms with Crippen molar-refractivity contribution in [3.8, 4) is 0 Å². The van der Waals surface area contributed by atoms with Crippen molar-refractivity contribution in [1.29, 1.82) is 0 Å². The minimum atomic E-state index is -1.04. The summed E-state index contributed by atoms with van der Waals surface area (Å²) < 4.78 is 7.13. The summed E-state index contributed by atoms with van der Waals surface area (Å²) in [5.74, 6) is -1.53. The largest absolute Gasteiger partial charge is 0.478 e. The molecular weight excluding hydrogens is 450 g/mol. The Morgan fingerprint density at radius 3 is 2.81 bits per heavy atom. The zero-order chi connectivity index (χ0) is 22.8. The number of hydrogen-bond donors (Lipinski definition) is 2.